The molecule has 0 aliphatic rings. The highest BCUT2D eigenvalue weighted by Crippen LogP contribution is 2.11. The minimum atomic E-state index is -3.34. The lowest BCUT2D eigenvalue weighted by Gasteiger charge is -1.97. The van der Waals surface area contributed by atoms with E-state index in [0.717, 1.165) is 0 Å². The molecule has 1 rings (SSSR count). The number of pyridine rings is 1. The maximum Gasteiger partial charge on any atom is 0.503 e. The van der Waals surface area contributed by atoms with Crippen LogP contribution in [0.1, 0.15) is 10.4 Å². The molecule has 7 heteroatoms. The van der Waals surface area contributed by atoms with Crippen molar-refractivity contribution in [1.29, 1.82) is 0 Å². The Kier molecular flexibility index (Phi) is 4.46. The molecule has 0 N–H and O–H groups in total. The summed E-state index contributed by atoms with van der Waals surface area (Å²) in [6, 6.07) is 2.77. The first-order chi connectivity index (χ1) is 6.63. The lowest BCUT2D eigenvalue weighted by Crippen LogP contribution is -2.37. The van der Waals surface area contributed by atoms with E-state index < -0.39 is 14.8 Å². The van der Waals surface area contributed by atoms with Crippen molar-refractivity contribution in [2.75, 3.05) is 5.33 Å². The number of rotatable bonds is 4. The molecule has 5 nitrogen and oxygen atoms in total. The smallest absolute Gasteiger partial charge is 0.361 e. The van der Waals surface area contributed by atoms with Crippen LogP contribution in [0.15, 0.2) is 18.3 Å². The monoisotopic (exact) mass is 325 g/mol. The highest BCUT2D eigenvalue weighted by Gasteiger charge is 2.15. The molecule has 1 heterocycles. The Morgan fingerprint density at radius 2 is 2.36 bits per heavy atom. The summed E-state index contributed by atoms with van der Waals surface area (Å²) < 4.78 is 24.8. The van der Waals surface area contributed by atoms with Gasteiger partial charge < -0.3 is 8.40 Å². The molecule has 1 aromatic rings. The molecule has 0 saturated heterocycles. The molecule has 0 unspecified atom stereocenters. The van der Waals surface area contributed by atoms with E-state index in [1.54, 1.807) is 0 Å². The standard InChI is InChI=1S/C7H5Br2NO4/c8-4-6(11)5-1-2-10-7(3-5)14-9(12)13/h1-3H,4H2. The zero-order valence-corrected chi connectivity index (χ0v) is 9.95. The van der Waals surface area contributed by atoms with E-state index in [0.29, 0.717) is 5.56 Å². The molecule has 14 heavy (non-hydrogen) atoms. The molecule has 0 aliphatic heterocycles. The van der Waals surface area contributed by atoms with Crippen LogP contribution in [0.5, 0.6) is 5.88 Å². The number of nitrogens with zero attached hydrogens (tertiary/aromatic N) is 1. The molecule has 0 fully saturated rings. The molecular formula is C7H5Br2NO4. The van der Waals surface area contributed by atoms with Crippen LogP contribution in [-0.4, -0.2) is 16.1 Å². The Morgan fingerprint density at radius 1 is 1.64 bits per heavy atom. The number of hydrogen-bond donors (Lipinski definition) is 0. The van der Waals surface area contributed by atoms with Crippen LogP contribution in [0.4, 0.5) is 0 Å². The van der Waals surface area contributed by atoms with Crippen molar-refractivity contribution in [3.8, 4) is 5.88 Å². The maximum absolute atomic E-state index is 11.2. The minimum absolute atomic E-state index is 0.0863. The van der Waals surface area contributed by atoms with Gasteiger partial charge in [0, 0.05) is 17.8 Å². The van der Waals surface area contributed by atoms with E-state index in [4.69, 9.17) is 0 Å². The summed E-state index contributed by atoms with van der Waals surface area (Å²) in [5, 5.41) is 0.170. The first-order valence-corrected chi connectivity index (χ1v) is 6.49. The first kappa shape index (κ1) is 11.6. The Balaban J connectivity index is 2.84. The van der Waals surface area contributed by atoms with Gasteiger partial charge in [-0.05, 0) is 6.07 Å². The van der Waals surface area contributed by atoms with Gasteiger partial charge in [-0.3, -0.25) is 4.79 Å². The average Bonchev–Trinajstić information content (AvgIpc) is 2.16. The fourth-order valence-corrected chi connectivity index (χ4v) is 1.54. The normalized spacial score (nSPS) is 10.3. The number of halogens is 2. The zero-order chi connectivity index (χ0) is 10.6. The highest BCUT2D eigenvalue weighted by atomic mass is 80.0. The van der Waals surface area contributed by atoms with E-state index in [2.05, 4.69) is 24.7 Å². The summed E-state index contributed by atoms with van der Waals surface area (Å²) in [4.78, 5) is 14.8. The van der Waals surface area contributed by atoms with Gasteiger partial charge in [0.2, 0.25) is 0 Å². The van der Waals surface area contributed by atoms with Crippen LogP contribution in [0.2, 0.25) is 0 Å². The Hall–Kier alpha value is -0.500. The van der Waals surface area contributed by atoms with E-state index in [1.807, 2.05) is 0 Å². The Morgan fingerprint density at radius 3 is 2.93 bits per heavy atom. The summed E-state index contributed by atoms with van der Waals surface area (Å²) in [5.41, 5.74) is 0.357. The van der Waals surface area contributed by atoms with Crippen molar-refractivity contribution in [1.82, 2.24) is 4.98 Å². The summed E-state index contributed by atoms with van der Waals surface area (Å²) in [5.74, 6) is -0.250. The van der Waals surface area contributed by atoms with Gasteiger partial charge in [0.25, 0.3) is 0 Å². The lowest BCUT2D eigenvalue weighted by atomic mass is 10.2. The molecule has 0 aromatic carbocycles. The van der Waals surface area contributed by atoms with Crippen LogP contribution >= 0.6 is 15.9 Å². The predicted octanol–water partition coefficient (Wildman–Crippen LogP) is -0.876. The van der Waals surface area contributed by atoms with Crippen LogP contribution < -0.4 is 12.2 Å². The van der Waals surface area contributed by atoms with Gasteiger partial charge in [-0.1, -0.05) is 15.9 Å². The Labute approximate surface area is 93.7 Å². The molecule has 0 spiro atoms. The fourth-order valence-electron chi connectivity index (χ4n) is 0.767. The number of carbonyl (C=O) groups is 1. The third kappa shape index (κ3) is 3.33. The van der Waals surface area contributed by atoms with Crippen molar-refractivity contribution in [2.24, 2.45) is 0 Å². The number of aromatic nitrogens is 1. The van der Waals surface area contributed by atoms with Gasteiger partial charge in [-0.15, -0.1) is 3.83 Å². The van der Waals surface area contributed by atoms with Gasteiger partial charge in [0.15, 0.2) is 5.78 Å². The largest absolute Gasteiger partial charge is 0.503 e. The SMILES string of the molecule is O=C(CBr)c1ccnc(O[Br+2]([O-])[O-])c1. The molecule has 0 saturated carbocycles. The minimum Gasteiger partial charge on any atom is -0.361 e. The highest BCUT2D eigenvalue weighted by molar-refractivity contribution is 9.09. The van der Waals surface area contributed by atoms with Crippen molar-refractivity contribution in [2.45, 2.75) is 0 Å². The molecule has 0 radical (unpaired) electrons. The van der Waals surface area contributed by atoms with E-state index in [9.17, 15) is 13.2 Å². The first-order valence-electron chi connectivity index (χ1n) is 3.42. The van der Waals surface area contributed by atoms with Gasteiger partial charge in [-0.25, -0.2) is 4.98 Å². The van der Waals surface area contributed by atoms with Gasteiger partial charge in [-0.2, -0.15) is 0 Å². The molecular weight excluding hydrogens is 322 g/mol. The molecule has 0 atom stereocenters. The number of ketones is 1. The van der Waals surface area contributed by atoms with E-state index >= 15 is 0 Å². The lowest BCUT2D eigenvalue weighted by molar-refractivity contribution is -1.62. The van der Waals surface area contributed by atoms with Crippen LogP contribution in [0.3, 0.4) is 0 Å². The number of alkyl halides is 1. The van der Waals surface area contributed by atoms with Crippen LogP contribution in [0, 0.1) is 14.8 Å². The molecule has 1 aromatic heterocycles. The molecule has 0 bridgehead atoms. The summed E-state index contributed by atoms with van der Waals surface area (Å²) in [6.45, 7) is 0. The van der Waals surface area contributed by atoms with Crippen molar-refractivity contribution < 1.29 is 31.8 Å². The Bertz CT molecular complexity index is 331. The number of hydrogen-bond acceptors (Lipinski definition) is 5. The van der Waals surface area contributed by atoms with Gasteiger partial charge >= 0.3 is 20.7 Å². The summed E-state index contributed by atoms with van der Waals surface area (Å²) in [6.07, 6.45) is 1.32. The fraction of sp³-hybridized carbons (Fsp3) is 0.143. The third-order valence-corrected chi connectivity index (χ3v) is 2.43. The van der Waals surface area contributed by atoms with Crippen molar-refractivity contribution in [3.63, 3.8) is 0 Å². The second kappa shape index (κ2) is 5.40. The van der Waals surface area contributed by atoms with Crippen molar-refractivity contribution >= 4 is 21.7 Å². The topological polar surface area (TPSA) is 85.3 Å². The summed E-state index contributed by atoms with van der Waals surface area (Å²) in [7, 11) is 0. The maximum atomic E-state index is 11.2. The number of carbonyl (C=O) groups excluding carboxylic acids is 1. The quantitative estimate of drug-likeness (QED) is 0.530. The van der Waals surface area contributed by atoms with Crippen LogP contribution in [0.25, 0.3) is 0 Å². The second-order valence-corrected chi connectivity index (χ2v) is 3.88. The van der Waals surface area contributed by atoms with E-state index in [-0.39, 0.29) is 17.0 Å². The second-order valence-electron chi connectivity index (χ2n) is 2.21. The molecule has 0 aliphatic carbocycles. The number of Topliss-reactive ketones (excluding diaryl/α,β-unsaturated/α-hetero) is 1. The zero-order valence-electron chi connectivity index (χ0n) is 6.78. The molecule has 0 amide bonds. The van der Waals surface area contributed by atoms with Gasteiger partial charge in [0.1, 0.15) is 0 Å². The average molecular weight is 327 g/mol. The van der Waals surface area contributed by atoms with Crippen LogP contribution in [-0.2, 0) is 0 Å². The van der Waals surface area contributed by atoms with E-state index in [1.165, 1.54) is 18.3 Å². The molecule has 76 valence electrons. The van der Waals surface area contributed by atoms with Gasteiger partial charge in [0.05, 0.1) is 5.33 Å². The summed E-state index contributed by atoms with van der Waals surface area (Å²) >= 11 is -0.342. The van der Waals surface area contributed by atoms with Crippen molar-refractivity contribution in [3.05, 3.63) is 23.9 Å². The third-order valence-electron chi connectivity index (χ3n) is 1.32. The predicted molar refractivity (Wildman–Crippen MR) is 43.0 cm³/mol.